The van der Waals surface area contributed by atoms with E-state index in [9.17, 15) is 0 Å². The molecule has 98 valence electrons. The van der Waals surface area contributed by atoms with Crippen LogP contribution in [-0.4, -0.2) is 24.7 Å². The summed E-state index contributed by atoms with van der Waals surface area (Å²) in [4.78, 5) is 8.31. The monoisotopic (exact) mass is 337 g/mol. The van der Waals surface area contributed by atoms with Crippen LogP contribution < -0.4 is 0 Å². The Bertz CT molecular complexity index is 620. The van der Waals surface area contributed by atoms with Crippen molar-refractivity contribution in [2.24, 2.45) is 0 Å². The molecule has 2 fully saturated rings. The topological polar surface area (TPSA) is 56.5 Å². The number of hydrogen-bond acceptors (Lipinski definition) is 5. The maximum Gasteiger partial charge on any atom is 0.197 e. The Morgan fingerprint density at radius 1 is 1.16 bits per heavy atom. The lowest BCUT2D eigenvalue weighted by Gasteiger charge is -2.07. The summed E-state index contributed by atoms with van der Waals surface area (Å²) in [5.41, 5.74) is 0. The summed E-state index contributed by atoms with van der Waals surface area (Å²) in [6.07, 6.45) is 6.58. The number of nitrogens with zero attached hydrogens (tertiary/aromatic N) is 5. The average Bonchev–Trinajstić information content (AvgIpc) is 3.30. The molecule has 2 aromatic heterocycles. The standard InChI is InChI=1S/C12H12BrN5S/c13-9-5-10(15-6-14-9)19-12-17-16-11(7-1-2-7)18(12)8-3-4-8/h5-8H,1-4H2. The molecule has 2 aromatic rings. The second-order valence-corrected chi connectivity index (χ2v) is 6.80. The quantitative estimate of drug-likeness (QED) is 0.802. The zero-order valence-electron chi connectivity index (χ0n) is 10.2. The first kappa shape index (κ1) is 11.8. The molecule has 0 amide bonds. The van der Waals surface area contributed by atoms with Crippen LogP contribution in [0.4, 0.5) is 0 Å². The van der Waals surface area contributed by atoms with E-state index in [1.165, 1.54) is 31.5 Å². The van der Waals surface area contributed by atoms with Gasteiger partial charge >= 0.3 is 0 Å². The first-order valence-corrected chi connectivity index (χ1v) is 8.02. The Labute approximate surface area is 123 Å². The van der Waals surface area contributed by atoms with E-state index >= 15 is 0 Å². The highest BCUT2D eigenvalue weighted by Gasteiger charge is 2.36. The molecule has 5 nitrogen and oxygen atoms in total. The Morgan fingerprint density at radius 3 is 2.68 bits per heavy atom. The Morgan fingerprint density at radius 2 is 2.00 bits per heavy atom. The molecular formula is C12H12BrN5S. The molecule has 4 rings (SSSR count). The van der Waals surface area contributed by atoms with Gasteiger partial charge in [-0.05, 0) is 53.4 Å². The second kappa shape index (κ2) is 4.56. The number of rotatable bonds is 4. The smallest absolute Gasteiger partial charge is 0.197 e. The fourth-order valence-electron chi connectivity index (χ4n) is 2.12. The van der Waals surface area contributed by atoms with Crippen LogP contribution in [0.25, 0.3) is 0 Å². The summed E-state index contributed by atoms with van der Waals surface area (Å²) in [6.45, 7) is 0. The summed E-state index contributed by atoms with van der Waals surface area (Å²) in [5, 5.41) is 10.6. The molecule has 2 saturated carbocycles. The molecule has 2 aliphatic rings. The molecule has 2 aliphatic carbocycles. The van der Waals surface area contributed by atoms with Gasteiger partial charge < -0.3 is 4.57 Å². The molecule has 0 bridgehead atoms. The third-order valence-electron chi connectivity index (χ3n) is 3.35. The zero-order valence-corrected chi connectivity index (χ0v) is 12.6. The van der Waals surface area contributed by atoms with Gasteiger partial charge in [0.05, 0.1) is 0 Å². The van der Waals surface area contributed by atoms with Crippen molar-refractivity contribution in [3.05, 3.63) is 22.8 Å². The first-order valence-electron chi connectivity index (χ1n) is 6.41. The largest absolute Gasteiger partial charge is 0.302 e. The zero-order chi connectivity index (χ0) is 12.8. The summed E-state index contributed by atoms with van der Waals surface area (Å²) in [5.74, 6) is 1.82. The minimum Gasteiger partial charge on any atom is -0.302 e. The normalized spacial score (nSPS) is 18.8. The molecule has 0 aromatic carbocycles. The molecule has 19 heavy (non-hydrogen) atoms. The van der Waals surface area contributed by atoms with Crippen LogP contribution in [0.1, 0.15) is 43.5 Å². The van der Waals surface area contributed by atoms with Crippen LogP contribution in [0.2, 0.25) is 0 Å². The summed E-state index contributed by atoms with van der Waals surface area (Å²) in [7, 11) is 0. The van der Waals surface area contributed by atoms with Gasteiger partial charge in [0.2, 0.25) is 0 Å². The van der Waals surface area contributed by atoms with Gasteiger partial charge in [-0.3, -0.25) is 0 Å². The fourth-order valence-corrected chi connectivity index (χ4v) is 3.46. The highest BCUT2D eigenvalue weighted by molar-refractivity contribution is 9.10. The van der Waals surface area contributed by atoms with E-state index in [4.69, 9.17) is 0 Å². The fraction of sp³-hybridized carbons (Fsp3) is 0.500. The minimum atomic E-state index is 0.610. The van der Waals surface area contributed by atoms with Crippen molar-refractivity contribution in [1.82, 2.24) is 24.7 Å². The molecule has 0 radical (unpaired) electrons. The molecule has 0 atom stereocenters. The molecule has 0 aliphatic heterocycles. The third-order valence-corrected chi connectivity index (χ3v) is 4.68. The van der Waals surface area contributed by atoms with Crippen molar-refractivity contribution in [3.63, 3.8) is 0 Å². The minimum absolute atomic E-state index is 0.610. The highest BCUT2D eigenvalue weighted by atomic mass is 79.9. The SMILES string of the molecule is Brc1cc(Sc2nnc(C3CC3)n2C2CC2)ncn1. The maximum absolute atomic E-state index is 4.39. The second-order valence-electron chi connectivity index (χ2n) is 5.00. The van der Waals surface area contributed by atoms with Crippen LogP contribution in [0.15, 0.2) is 27.2 Å². The molecule has 0 saturated heterocycles. The van der Waals surface area contributed by atoms with Crippen molar-refractivity contribution >= 4 is 27.7 Å². The third kappa shape index (κ3) is 2.41. The van der Waals surface area contributed by atoms with Gasteiger partial charge in [-0.1, -0.05) is 0 Å². The molecule has 2 heterocycles. The number of hydrogen-bond donors (Lipinski definition) is 0. The van der Waals surface area contributed by atoms with E-state index in [-0.39, 0.29) is 0 Å². The van der Waals surface area contributed by atoms with E-state index in [0.717, 1.165) is 14.8 Å². The summed E-state index contributed by atoms with van der Waals surface area (Å²) >= 11 is 4.94. The van der Waals surface area contributed by atoms with Gasteiger partial charge in [-0.15, -0.1) is 10.2 Å². The van der Waals surface area contributed by atoms with E-state index in [1.54, 1.807) is 18.1 Å². The summed E-state index contributed by atoms with van der Waals surface area (Å²) < 4.78 is 3.13. The predicted molar refractivity (Wildman–Crippen MR) is 74.1 cm³/mol. The van der Waals surface area contributed by atoms with Crippen molar-refractivity contribution in [2.75, 3.05) is 0 Å². The van der Waals surface area contributed by atoms with Crippen molar-refractivity contribution in [3.8, 4) is 0 Å². The van der Waals surface area contributed by atoms with Gasteiger partial charge in [0.25, 0.3) is 0 Å². The van der Waals surface area contributed by atoms with Gasteiger partial charge in [0.15, 0.2) is 5.16 Å². The van der Waals surface area contributed by atoms with Gasteiger partial charge in [0, 0.05) is 18.0 Å². The maximum atomic E-state index is 4.39. The predicted octanol–water partition coefficient (Wildman–Crippen LogP) is 3.19. The Kier molecular flexibility index (Phi) is 2.84. The van der Waals surface area contributed by atoms with E-state index in [1.807, 2.05) is 6.07 Å². The van der Waals surface area contributed by atoms with E-state index < -0.39 is 0 Å². The van der Waals surface area contributed by atoms with Crippen LogP contribution in [-0.2, 0) is 0 Å². The van der Waals surface area contributed by atoms with Crippen LogP contribution in [0, 0.1) is 0 Å². The van der Waals surface area contributed by atoms with Crippen LogP contribution in [0.3, 0.4) is 0 Å². The Hall–Kier alpha value is -0.950. The van der Waals surface area contributed by atoms with Crippen LogP contribution in [0.5, 0.6) is 0 Å². The molecule has 0 spiro atoms. The number of aromatic nitrogens is 5. The van der Waals surface area contributed by atoms with Crippen molar-refractivity contribution < 1.29 is 0 Å². The van der Waals surface area contributed by atoms with Crippen molar-refractivity contribution in [1.29, 1.82) is 0 Å². The lowest BCUT2D eigenvalue weighted by atomic mass is 10.4. The van der Waals surface area contributed by atoms with Gasteiger partial charge in [0.1, 0.15) is 21.8 Å². The molecule has 0 N–H and O–H groups in total. The lowest BCUT2D eigenvalue weighted by molar-refractivity contribution is 0.626. The van der Waals surface area contributed by atoms with Gasteiger partial charge in [-0.2, -0.15) is 0 Å². The highest BCUT2D eigenvalue weighted by Crippen LogP contribution is 2.46. The van der Waals surface area contributed by atoms with Gasteiger partial charge in [-0.25, -0.2) is 9.97 Å². The summed E-state index contributed by atoms with van der Waals surface area (Å²) in [6, 6.07) is 2.52. The van der Waals surface area contributed by atoms with Crippen molar-refractivity contribution in [2.45, 2.75) is 47.8 Å². The molecule has 7 heteroatoms. The Balaban J connectivity index is 1.67. The lowest BCUT2D eigenvalue weighted by Crippen LogP contribution is -2.01. The molecular weight excluding hydrogens is 326 g/mol. The molecule has 0 unspecified atom stereocenters. The van der Waals surface area contributed by atoms with Crippen LogP contribution >= 0.6 is 27.7 Å². The first-order chi connectivity index (χ1) is 9.31. The van der Waals surface area contributed by atoms with E-state index in [0.29, 0.717) is 12.0 Å². The number of halogens is 1. The van der Waals surface area contributed by atoms with E-state index in [2.05, 4.69) is 40.7 Å². The average molecular weight is 338 g/mol.